The zero-order valence-corrected chi connectivity index (χ0v) is 16.8. The quantitative estimate of drug-likeness (QED) is 0.812. The molecule has 0 aliphatic carbocycles. The summed E-state index contributed by atoms with van der Waals surface area (Å²) in [6.45, 7) is 4.06. The van der Waals surface area contributed by atoms with Crippen molar-refractivity contribution in [2.75, 3.05) is 26.2 Å². The first kappa shape index (κ1) is 19.8. The number of carbonyl (C=O) groups excluding carboxylic acids is 1. The molecule has 2 aliphatic heterocycles. The van der Waals surface area contributed by atoms with Crippen LogP contribution in [0.15, 0.2) is 48.5 Å². The maximum Gasteiger partial charge on any atom is 0.223 e. The summed E-state index contributed by atoms with van der Waals surface area (Å²) in [5.74, 6) is 0.418. The average molecular weight is 395 g/mol. The van der Waals surface area contributed by atoms with Crippen LogP contribution in [0.2, 0.25) is 0 Å². The van der Waals surface area contributed by atoms with Crippen molar-refractivity contribution in [3.05, 3.63) is 59.7 Å². The van der Waals surface area contributed by atoms with Crippen LogP contribution in [0.5, 0.6) is 11.5 Å². The van der Waals surface area contributed by atoms with Crippen LogP contribution < -0.4 is 0 Å². The molecule has 4 rings (SSSR count). The molecule has 2 N–H and O–H groups in total. The van der Waals surface area contributed by atoms with Gasteiger partial charge in [0.15, 0.2) is 0 Å². The Hall–Kier alpha value is -2.53. The molecule has 2 fully saturated rings. The fraction of sp³-hybridized carbons (Fsp3) is 0.458. The molecule has 29 heavy (non-hydrogen) atoms. The molecule has 0 radical (unpaired) electrons. The molecule has 5 heteroatoms. The molecule has 2 saturated heterocycles. The normalized spacial score (nSPS) is 19.4. The lowest BCUT2D eigenvalue weighted by atomic mass is 9.87. The summed E-state index contributed by atoms with van der Waals surface area (Å²) in [5, 5.41) is 19.6. The zero-order chi connectivity index (χ0) is 20.2. The van der Waals surface area contributed by atoms with E-state index in [1.54, 1.807) is 24.3 Å². The predicted molar refractivity (Wildman–Crippen MR) is 113 cm³/mol. The number of nitrogens with zero attached hydrogens (tertiary/aromatic N) is 2. The molecule has 1 amide bonds. The average Bonchev–Trinajstić information content (AvgIpc) is 3.28. The van der Waals surface area contributed by atoms with E-state index in [1.807, 2.05) is 29.2 Å². The molecule has 2 aromatic rings. The maximum atomic E-state index is 13.1. The second kappa shape index (κ2) is 8.87. The van der Waals surface area contributed by atoms with Gasteiger partial charge in [-0.05, 0) is 74.2 Å². The lowest BCUT2D eigenvalue weighted by Gasteiger charge is -2.37. The van der Waals surface area contributed by atoms with Crippen LogP contribution in [0.25, 0.3) is 0 Å². The van der Waals surface area contributed by atoms with E-state index in [1.165, 1.54) is 25.9 Å². The highest BCUT2D eigenvalue weighted by Crippen LogP contribution is 2.32. The van der Waals surface area contributed by atoms with E-state index in [0.29, 0.717) is 12.5 Å². The fourth-order valence-corrected chi connectivity index (χ4v) is 4.77. The summed E-state index contributed by atoms with van der Waals surface area (Å²) in [6, 6.07) is 14.8. The number of amides is 1. The Bertz CT molecular complexity index is 822. The van der Waals surface area contributed by atoms with E-state index in [4.69, 9.17) is 0 Å². The first-order chi connectivity index (χ1) is 14.1. The third-order valence-electron chi connectivity index (χ3n) is 6.42. The third-order valence-corrected chi connectivity index (χ3v) is 6.42. The van der Waals surface area contributed by atoms with Crippen LogP contribution in [0.4, 0.5) is 0 Å². The molecule has 0 bridgehead atoms. The van der Waals surface area contributed by atoms with Crippen molar-refractivity contribution >= 4 is 5.91 Å². The fourth-order valence-electron chi connectivity index (χ4n) is 4.77. The molecule has 0 unspecified atom stereocenters. The van der Waals surface area contributed by atoms with Gasteiger partial charge in [-0.25, -0.2) is 0 Å². The van der Waals surface area contributed by atoms with E-state index >= 15 is 0 Å². The molecule has 2 heterocycles. The third kappa shape index (κ3) is 4.73. The number of aromatic hydroxyl groups is 2. The highest BCUT2D eigenvalue weighted by atomic mass is 16.3. The Kier molecular flexibility index (Phi) is 6.05. The Morgan fingerprint density at radius 1 is 0.897 bits per heavy atom. The zero-order valence-electron chi connectivity index (χ0n) is 16.8. The Morgan fingerprint density at radius 2 is 1.59 bits per heavy atom. The van der Waals surface area contributed by atoms with Crippen LogP contribution in [0.1, 0.15) is 49.1 Å². The van der Waals surface area contributed by atoms with Gasteiger partial charge >= 0.3 is 0 Å². The van der Waals surface area contributed by atoms with Crippen molar-refractivity contribution < 1.29 is 15.0 Å². The van der Waals surface area contributed by atoms with Gasteiger partial charge in [-0.3, -0.25) is 4.79 Å². The number of phenolic OH excluding ortho intramolecular Hbond substituents is 2. The molecular weight excluding hydrogens is 364 g/mol. The first-order valence-electron chi connectivity index (χ1n) is 10.7. The van der Waals surface area contributed by atoms with Crippen molar-refractivity contribution in [3.8, 4) is 11.5 Å². The summed E-state index contributed by atoms with van der Waals surface area (Å²) in [6.07, 6.45) is 5.08. The number of hydrogen-bond acceptors (Lipinski definition) is 4. The van der Waals surface area contributed by atoms with Crippen molar-refractivity contribution in [2.45, 2.75) is 44.1 Å². The lowest BCUT2D eigenvalue weighted by Crippen LogP contribution is -2.46. The van der Waals surface area contributed by atoms with Crippen LogP contribution in [-0.4, -0.2) is 58.1 Å². The van der Waals surface area contributed by atoms with E-state index in [-0.39, 0.29) is 23.3 Å². The molecule has 1 atom stereocenters. The monoisotopic (exact) mass is 394 g/mol. The van der Waals surface area contributed by atoms with Crippen molar-refractivity contribution in [2.24, 2.45) is 0 Å². The molecule has 2 aliphatic rings. The predicted octanol–water partition coefficient (Wildman–Crippen LogP) is 3.71. The number of likely N-dealkylation sites (tertiary alicyclic amines) is 2. The summed E-state index contributed by atoms with van der Waals surface area (Å²) in [4.78, 5) is 17.7. The minimum Gasteiger partial charge on any atom is -0.508 e. The highest BCUT2D eigenvalue weighted by Gasteiger charge is 2.29. The van der Waals surface area contributed by atoms with Crippen molar-refractivity contribution in [3.63, 3.8) is 0 Å². The van der Waals surface area contributed by atoms with Crippen LogP contribution in [-0.2, 0) is 4.79 Å². The first-order valence-corrected chi connectivity index (χ1v) is 10.7. The number of piperidine rings is 1. The summed E-state index contributed by atoms with van der Waals surface area (Å²) >= 11 is 0. The second-order valence-corrected chi connectivity index (χ2v) is 8.30. The van der Waals surface area contributed by atoms with Gasteiger partial charge in [0.2, 0.25) is 5.91 Å². The minimum absolute atomic E-state index is 0.147. The molecule has 0 saturated carbocycles. The summed E-state index contributed by atoms with van der Waals surface area (Å²) < 4.78 is 0. The molecule has 0 aromatic heterocycles. The topological polar surface area (TPSA) is 64.0 Å². The maximum absolute atomic E-state index is 13.1. The second-order valence-electron chi connectivity index (χ2n) is 8.30. The smallest absolute Gasteiger partial charge is 0.223 e. The highest BCUT2D eigenvalue weighted by molar-refractivity contribution is 5.78. The van der Waals surface area contributed by atoms with Gasteiger partial charge in [-0.2, -0.15) is 0 Å². The summed E-state index contributed by atoms with van der Waals surface area (Å²) in [7, 11) is 0. The van der Waals surface area contributed by atoms with Gasteiger partial charge in [-0.1, -0.05) is 24.3 Å². The van der Waals surface area contributed by atoms with Gasteiger partial charge in [0, 0.05) is 31.5 Å². The van der Waals surface area contributed by atoms with Crippen LogP contribution >= 0.6 is 0 Å². The van der Waals surface area contributed by atoms with Crippen LogP contribution in [0.3, 0.4) is 0 Å². The number of benzene rings is 2. The van der Waals surface area contributed by atoms with E-state index in [0.717, 1.165) is 37.1 Å². The van der Waals surface area contributed by atoms with E-state index < -0.39 is 0 Å². The van der Waals surface area contributed by atoms with E-state index in [2.05, 4.69) is 4.90 Å². The van der Waals surface area contributed by atoms with Crippen LogP contribution in [0, 0.1) is 0 Å². The number of carbonyl (C=O) groups is 1. The molecule has 5 nitrogen and oxygen atoms in total. The Morgan fingerprint density at radius 3 is 2.24 bits per heavy atom. The molecule has 0 spiro atoms. The Labute approximate surface area is 172 Å². The molecular formula is C24H30N2O3. The van der Waals surface area contributed by atoms with Gasteiger partial charge in [0.05, 0.1) is 0 Å². The standard InChI is InChI=1S/C24H30N2O3/c27-21-8-6-18(7-9-21)23(19-4-3-5-22(28)16-19)17-24(29)26-14-10-20(11-15-26)25-12-1-2-13-25/h3-9,16,20,23,27-28H,1-2,10-15,17H2/t23-/m0/s1. The largest absolute Gasteiger partial charge is 0.508 e. The van der Waals surface area contributed by atoms with Gasteiger partial charge in [0.1, 0.15) is 11.5 Å². The van der Waals surface area contributed by atoms with Crippen molar-refractivity contribution in [1.29, 1.82) is 0 Å². The Balaban J connectivity index is 1.46. The van der Waals surface area contributed by atoms with Gasteiger partial charge in [0.25, 0.3) is 0 Å². The summed E-state index contributed by atoms with van der Waals surface area (Å²) in [5.41, 5.74) is 1.88. The number of rotatable bonds is 5. The minimum atomic E-state index is -0.147. The van der Waals surface area contributed by atoms with Gasteiger partial charge in [-0.15, -0.1) is 0 Å². The number of phenols is 2. The number of hydrogen-bond donors (Lipinski definition) is 2. The molecule has 154 valence electrons. The van der Waals surface area contributed by atoms with E-state index in [9.17, 15) is 15.0 Å². The van der Waals surface area contributed by atoms with Crippen molar-refractivity contribution in [1.82, 2.24) is 9.80 Å². The lowest BCUT2D eigenvalue weighted by molar-refractivity contribution is -0.133. The SMILES string of the molecule is O=C(C[C@@H](c1ccc(O)cc1)c1cccc(O)c1)N1CCC(N2CCCC2)CC1. The molecule has 2 aromatic carbocycles. The van der Waals surface area contributed by atoms with Gasteiger partial charge < -0.3 is 20.0 Å².